The molecule has 2 aromatic rings. The highest BCUT2D eigenvalue weighted by Crippen LogP contribution is 2.10. The van der Waals surface area contributed by atoms with Crippen LogP contribution in [-0.4, -0.2) is 65.4 Å². The molecule has 0 unspecified atom stereocenters. The Morgan fingerprint density at radius 2 is 1.61 bits per heavy atom. The van der Waals surface area contributed by atoms with Gasteiger partial charge in [0, 0.05) is 60.2 Å². The molecule has 2 heterocycles. The number of pyridine rings is 2. The Bertz CT molecular complexity index is 975. The molecule has 10 heteroatoms. The van der Waals surface area contributed by atoms with Gasteiger partial charge < -0.3 is 20.0 Å². The van der Waals surface area contributed by atoms with E-state index in [0.717, 1.165) is 30.0 Å². The van der Waals surface area contributed by atoms with Crippen LogP contribution >= 0.6 is 23.2 Å². The number of halogens is 2. The second kappa shape index (κ2) is 14.8. The second-order valence-corrected chi connectivity index (χ2v) is 7.80. The number of hydrogen-bond donors (Lipinski definition) is 1. The normalized spacial score (nSPS) is 10.2. The van der Waals surface area contributed by atoms with E-state index in [-0.39, 0.29) is 0 Å². The summed E-state index contributed by atoms with van der Waals surface area (Å²) in [5.41, 5.74) is 4.98. The van der Waals surface area contributed by atoms with E-state index in [2.05, 4.69) is 44.4 Å². The lowest BCUT2D eigenvalue weighted by molar-refractivity contribution is 0.335. The number of nitrogens with one attached hydrogen (secondary N) is 1. The van der Waals surface area contributed by atoms with Crippen molar-refractivity contribution in [1.82, 2.24) is 30.0 Å². The molecule has 8 nitrogen and oxygen atoms in total. The summed E-state index contributed by atoms with van der Waals surface area (Å²) in [4.78, 5) is 17.6. The summed E-state index contributed by atoms with van der Waals surface area (Å²) in [5.74, 6) is 1.49. The van der Waals surface area contributed by atoms with Gasteiger partial charge in [-0.05, 0) is 30.2 Å². The van der Waals surface area contributed by atoms with E-state index in [1.54, 1.807) is 35.6 Å². The van der Waals surface area contributed by atoms with Crippen molar-refractivity contribution >= 4 is 29.2 Å². The van der Waals surface area contributed by atoms with E-state index in [4.69, 9.17) is 28.5 Å². The Kier molecular flexibility index (Phi) is 12.4. The zero-order chi connectivity index (χ0) is 24.8. The lowest BCUT2D eigenvalue weighted by Crippen LogP contribution is -2.37. The molecule has 0 amide bonds. The zero-order valence-corrected chi connectivity index (χ0v) is 21.2. The number of rotatable bonds is 7. The van der Waals surface area contributed by atoms with Crippen molar-refractivity contribution < 1.29 is 0 Å². The van der Waals surface area contributed by atoms with Crippen LogP contribution in [0.1, 0.15) is 18.1 Å². The average Bonchev–Trinajstić information content (AvgIpc) is 2.80. The summed E-state index contributed by atoms with van der Waals surface area (Å²) in [5, 5.41) is 12.7. The van der Waals surface area contributed by atoms with Crippen molar-refractivity contribution in [3.8, 4) is 6.19 Å². The summed E-state index contributed by atoms with van der Waals surface area (Å²) in [7, 11) is 7.40. The monoisotopic (exact) mass is 488 g/mol. The highest BCUT2D eigenvalue weighted by Gasteiger charge is 2.10. The van der Waals surface area contributed by atoms with Gasteiger partial charge in [0.1, 0.15) is 16.1 Å². The number of hydrogen-bond acceptors (Lipinski definition) is 6. The Balaban J connectivity index is 0.000000331. The van der Waals surface area contributed by atoms with Gasteiger partial charge in [0.15, 0.2) is 0 Å². The van der Waals surface area contributed by atoms with Crippen LogP contribution in [0.5, 0.6) is 0 Å². The topological polar surface area (TPSA) is 83.7 Å². The summed E-state index contributed by atoms with van der Waals surface area (Å²) in [6.07, 6.45) is 5.28. The molecule has 2 rings (SSSR count). The molecule has 0 radical (unpaired) electrons. The van der Waals surface area contributed by atoms with Gasteiger partial charge >= 0.3 is 0 Å². The Hall–Kier alpha value is -3.24. The van der Waals surface area contributed by atoms with E-state index in [9.17, 15) is 0 Å². The predicted molar refractivity (Wildman–Crippen MR) is 134 cm³/mol. The van der Waals surface area contributed by atoms with Gasteiger partial charge in [-0.2, -0.15) is 5.26 Å². The molecule has 0 atom stereocenters. The summed E-state index contributed by atoms with van der Waals surface area (Å²) >= 11 is 11.4. The van der Waals surface area contributed by atoms with Crippen LogP contribution in [-0.2, 0) is 13.1 Å². The SMILES string of the molecule is C=C=C(NC)N(CC)Cc1ccc(Cl)nc1.CN(C)C(=NC#N)N(C)Cc1ccc(Cl)nc1. The van der Waals surface area contributed by atoms with Gasteiger partial charge in [-0.3, -0.25) is 0 Å². The van der Waals surface area contributed by atoms with Crippen LogP contribution in [0, 0.1) is 11.5 Å². The molecular formula is C23H30Cl2N8. The van der Waals surface area contributed by atoms with Gasteiger partial charge in [0.05, 0.1) is 0 Å². The first-order chi connectivity index (χ1) is 15.7. The van der Waals surface area contributed by atoms with E-state index in [0.29, 0.717) is 22.8 Å². The third-order valence-electron chi connectivity index (χ3n) is 4.36. The minimum atomic E-state index is 0.468. The molecule has 0 fully saturated rings. The molecule has 0 spiro atoms. The molecule has 0 bridgehead atoms. The smallest absolute Gasteiger partial charge is 0.212 e. The van der Waals surface area contributed by atoms with Crippen LogP contribution in [0.4, 0.5) is 0 Å². The van der Waals surface area contributed by atoms with Crippen molar-refractivity contribution in [1.29, 1.82) is 5.26 Å². The predicted octanol–water partition coefficient (Wildman–Crippen LogP) is 3.97. The minimum absolute atomic E-state index is 0.468. The number of nitrogens with zero attached hydrogens (tertiary/aromatic N) is 7. The first kappa shape index (κ1) is 27.8. The molecular weight excluding hydrogens is 459 g/mol. The molecule has 0 saturated carbocycles. The van der Waals surface area contributed by atoms with E-state index in [1.165, 1.54) is 0 Å². The molecule has 33 heavy (non-hydrogen) atoms. The quantitative estimate of drug-likeness (QED) is 0.207. The summed E-state index contributed by atoms with van der Waals surface area (Å²) in [6.45, 7) is 7.99. The maximum Gasteiger partial charge on any atom is 0.212 e. The van der Waals surface area contributed by atoms with Gasteiger partial charge in [-0.1, -0.05) is 47.6 Å². The molecule has 0 aromatic carbocycles. The molecule has 0 saturated heterocycles. The fraction of sp³-hybridized carbons (Fsp3) is 0.348. The number of aliphatic imine (C=N–C) groups is 1. The maximum absolute atomic E-state index is 8.62. The van der Waals surface area contributed by atoms with Crippen molar-refractivity contribution in [2.75, 3.05) is 34.7 Å². The minimum Gasteiger partial charge on any atom is -0.368 e. The molecule has 1 N–H and O–H groups in total. The first-order valence-corrected chi connectivity index (χ1v) is 10.9. The molecule has 0 aliphatic heterocycles. The number of nitriles is 1. The van der Waals surface area contributed by atoms with Crippen molar-refractivity contribution in [2.24, 2.45) is 4.99 Å². The molecule has 0 aliphatic carbocycles. The lowest BCUT2D eigenvalue weighted by atomic mass is 10.2. The van der Waals surface area contributed by atoms with Crippen LogP contribution in [0.2, 0.25) is 10.3 Å². The van der Waals surface area contributed by atoms with Crippen molar-refractivity contribution in [3.05, 3.63) is 76.2 Å². The molecule has 176 valence electrons. The second-order valence-electron chi connectivity index (χ2n) is 7.03. The number of aromatic nitrogens is 2. The van der Waals surface area contributed by atoms with Gasteiger partial charge in [-0.15, -0.1) is 4.99 Å². The first-order valence-electron chi connectivity index (χ1n) is 10.1. The van der Waals surface area contributed by atoms with Crippen LogP contribution in [0.25, 0.3) is 0 Å². The highest BCUT2D eigenvalue weighted by molar-refractivity contribution is 6.29. The Morgan fingerprint density at radius 3 is 1.97 bits per heavy atom. The Morgan fingerprint density at radius 1 is 1.06 bits per heavy atom. The summed E-state index contributed by atoms with van der Waals surface area (Å²) in [6, 6.07) is 7.39. The lowest BCUT2D eigenvalue weighted by Gasteiger charge is -2.25. The van der Waals surface area contributed by atoms with Crippen molar-refractivity contribution in [2.45, 2.75) is 20.0 Å². The van der Waals surface area contributed by atoms with Crippen LogP contribution in [0.3, 0.4) is 0 Å². The standard InChI is InChI=1S/C12H16ClN3.C11H14ClN5/c1-4-12(14-3)16(5-2)9-10-6-7-11(13)15-8-10;1-16(2)11(15-8-13)17(3)7-9-4-5-10(12)14-6-9/h6-8,14H,1,5,9H2,2-3H3;4-6H,7H2,1-3H3. The third-order valence-corrected chi connectivity index (χ3v) is 4.81. The van der Waals surface area contributed by atoms with Crippen LogP contribution < -0.4 is 5.32 Å². The fourth-order valence-electron chi connectivity index (χ4n) is 2.84. The van der Waals surface area contributed by atoms with Gasteiger partial charge in [0.25, 0.3) is 0 Å². The summed E-state index contributed by atoms with van der Waals surface area (Å²) < 4.78 is 0. The van der Waals surface area contributed by atoms with Gasteiger partial charge in [-0.25, -0.2) is 9.97 Å². The van der Waals surface area contributed by atoms with Crippen molar-refractivity contribution in [3.63, 3.8) is 0 Å². The van der Waals surface area contributed by atoms with Gasteiger partial charge in [0.2, 0.25) is 12.2 Å². The van der Waals surface area contributed by atoms with E-state index < -0.39 is 0 Å². The maximum atomic E-state index is 8.62. The third kappa shape index (κ3) is 9.84. The largest absolute Gasteiger partial charge is 0.368 e. The zero-order valence-electron chi connectivity index (χ0n) is 19.7. The number of guanidine groups is 1. The average molecular weight is 489 g/mol. The Labute approximate surface area is 206 Å². The highest BCUT2D eigenvalue weighted by atomic mass is 35.5. The van der Waals surface area contributed by atoms with E-state index in [1.807, 2.05) is 45.2 Å². The fourth-order valence-corrected chi connectivity index (χ4v) is 3.07. The molecule has 0 aliphatic rings. The van der Waals surface area contributed by atoms with E-state index >= 15 is 0 Å². The van der Waals surface area contributed by atoms with Crippen LogP contribution in [0.15, 0.2) is 59.8 Å². The molecule has 2 aromatic heterocycles.